The summed E-state index contributed by atoms with van der Waals surface area (Å²) in [5.74, 6) is 1.90. The van der Waals surface area contributed by atoms with Crippen molar-refractivity contribution in [2.24, 2.45) is 0 Å². The minimum absolute atomic E-state index is 0.0867. The molecule has 3 heterocycles. The summed E-state index contributed by atoms with van der Waals surface area (Å²) < 4.78 is 3.54. The van der Waals surface area contributed by atoms with E-state index in [0.29, 0.717) is 17.5 Å². The summed E-state index contributed by atoms with van der Waals surface area (Å²) in [5, 5.41) is 3.49. The third-order valence-corrected chi connectivity index (χ3v) is 12.2. The summed E-state index contributed by atoms with van der Waals surface area (Å²) in [6.07, 6.45) is 0. The van der Waals surface area contributed by atoms with Gasteiger partial charge in [0.2, 0.25) is 0 Å². The van der Waals surface area contributed by atoms with Crippen LogP contribution in [-0.4, -0.2) is 24.5 Å². The topological polar surface area (TPSA) is 56.5 Å². The van der Waals surface area contributed by atoms with E-state index in [0.717, 1.165) is 43.2 Å². The zero-order chi connectivity index (χ0) is 36.7. The Morgan fingerprint density at radius 3 is 1.87 bits per heavy atom. The van der Waals surface area contributed by atoms with Gasteiger partial charge in [-0.25, -0.2) is 19.9 Å². The van der Waals surface area contributed by atoms with E-state index in [1.165, 1.54) is 44.1 Å². The van der Waals surface area contributed by atoms with Gasteiger partial charge in [0.25, 0.3) is 0 Å². The lowest BCUT2D eigenvalue weighted by molar-refractivity contribution is 0.661. The summed E-state index contributed by atoms with van der Waals surface area (Å²) in [7, 11) is 0. The maximum atomic E-state index is 5.20. The number of thiazole rings is 1. The van der Waals surface area contributed by atoms with Crippen molar-refractivity contribution in [1.29, 1.82) is 0 Å². The van der Waals surface area contributed by atoms with Crippen molar-refractivity contribution in [2.75, 3.05) is 0 Å². The van der Waals surface area contributed by atoms with Gasteiger partial charge in [0, 0.05) is 44.1 Å². The van der Waals surface area contributed by atoms with E-state index in [-0.39, 0.29) is 5.41 Å². The molecule has 1 aliphatic carbocycles. The Bertz CT molecular complexity index is 3070. The number of rotatable bonds is 5. The SMILES string of the molecule is CC1(C)c2ccccc2-c2cc3c4ccccc4n(-c4cccc(-c5nc6cc(-c7nc(-c8ccccc8)nc(-c8ccccc8)n7)ccc6s5)c4)c3cc21. The Hall–Kier alpha value is -6.76. The second-order valence-electron chi connectivity index (χ2n) is 14.7. The Balaban J connectivity index is 1.02. The minimum atomic E-state index is -0.0867. The van der Waals surface area contributed by atoms with Gasteiger partial charge in [-0.2, -0.15) is 0 Å². The summed E-state index contributed by atoms with van der Waals surface area (Å²) >= 11 is 1.70. The van der Waals surface area contributed by atoms with Crippen molar-refractivity contribution < 1.29 is 0 Å². The number of nitrogens with zero attached hydrogens (tertiary/aromatic N) is 5. The fourth-order valence-corrected chi connectivity index (χ4v) is 9.29. The molecule has 0 atom stereocenters. The molecule has 0 saturated carbocycles. The predicted molar refractivity (Wildman–Crippen MR) is 227 cm³/mol. The summed E-state index contributed by atoms with van der Waals surface area (Å²) in [4.78, 5) is 20.0. The molecule has 0 aliphatic heterocycles. The molecule has 10 aromatic rings. The molecule has 1 aliphatic rings. The predicted octanol–water partition coefficient (Wildman–Crippen LogP) is 12.6. The summed E-state index contributed by atoms with van der Waals surface area (Å²) in [6.45, 7) is 4.70. The van der Waals surface area contributed by atoms with Crippen LogP contribution in [0.1, 0.15) is 25.0 Å². The molecule has 6 heteroatoms. The highest BCUT2D eigenvalue weighted by Crippen LogP contribution is 2.51. The van der Waals surface area contributed by atoms with Crippen LogP contribution >= 0.6 is 11.3 Å². The van der Waals surface area contributed by atoms with E-state index < -0.39 is 0 Å². The Kier molecular flexibility index (Phi) is 7.00. The van der Waals surface area contributed by atoms with Gasteiger partial charge < -0.3 is 4.57 Å². The second kappa shape index (κ2) is 12.1. The van der Waals surface area contributed by atoms with Crippen LogP contribution < -0.4 is 0 Å². The molecule has 0 radical (unpaired) electrons. The Labute approximate surface area is 322 Å². The number of fused-ring (bicyclic) bond motifs is 7. The largest absolute Gasteiger partial charge is 0.309 e. The van der Waals surface area contributed by atoms with Gasteiger partial charge in [-0.1, -0.05) is 129 Å². The van der Waals surface area contributed by atoms with E-state index in [4.69, 9.17) is 19.9 Å². The van der Waals surface area contributed by atoms with Crippen LogP contribution in [-0.2, 0) is 5.41 Å². The number of para-hydroxylation sites is 1. The summed E-state index contributed by atoms with van der Waals surface area (Å²) in [5.41, 5.74) is 13.7. The molecule has 0 N–H and O–H groups in total. The lowest BCUT2D eigenvalue weighted by Crippen LogP contribution is -2.14. The molecule has 0 saturated heterocycles. The van der Waals surface area contributed by atoms with Crippen LogP contribution in [0.15, 0.2) is 164 Å². The van der Waals surface area contributed by atoms with Gasteiger partial charge in [0.15, 0.2) is 17.5 Å². The van der Waals surface area contributed by atoms with Gasteiger partial charge in [-0.15, -0.1) is 11.3 Å². The average molecular weight is 724 g/mol. The molecular weight excluding hydrogens is 691 g/mol. The molecule has 0 fully saturated rings. The van der Waals surface area contributed by atoms with Crippen LogP contribution in [0, 0.1) is 0 Å². The molecule has 0 amide bonds. The molecular formula is C49H33N5S. The fraction of sp³-hybridized carbons (Fsp3) is 0.0612. The van der Waals surface area contributed by atoms with Gasteiger partial charge >= 0.3 is 0 Å². The molecule has 0 unspecified atom stereocenters. The highest BCUT2D eigenvalue weighted by Gasteiger charge is 2.36. The number of aromatic nitrogens is 5. The van der Waals surface area contributed by atoms with Gasteiger partial charge in [-0.3, -0.25) is 0 Å². The van der Waals surface area contributed by atoms with E-state index >= 15 is 0 Å². The smallest absolute Gasteiger partial charge is 0.164 e. The van der Waals surface area contributed by atoms with E-state index in [1.54, 1.807) is 11.3 Å². The fourth-order valence-electron chi connectivity index (χ4n) is 8.35. The molecule has 11 rings (SSSR count). The highest BCUT2D eigenvalue weighted by atomic mass is 32.1. The zero-order valence-corrected chi connectivity index (χ0v) is 31.0. The first kappa shape index (κ1) is 31.7. The maximum Gasteiger partial charge on any atom is 0.164 e. The molecule has 0 bridgehead atoms. The van der Waals surface area contributed by atoms with Crippen LogP contribution in [0.3, 0.4) is 0 Å². The molecule has 260 valence electrons. The van der Waals surface area contributed by atoms with Crippen molar-refractivity contribution in [3.8, 4) is 61.5 Å². The number of benzene rings is 7. The van der Waals surface area contributed by atoms with Gasteiger partial charge in [-0.05, 0) is 70.8 Å². The average Bonchev–Trinajstić information content (AvgIpc) is 3.89. The van der Waals surface area contributed by atoms with Crippen LogP contribution in [0.2, 0.25) is 0 Å². The number of hydrogen-bond donors (Lipinski definition) is 0. The molecule has 55 heavy (non-hydrogen) atoms. The first-order chi connectivity index (χ1) is 27.0. The van der Waals surface area contributed by atoms with Crippen molar-refractivity contribution in [1.82, 2.24) is 24.5 Å². The van der Waals surface area contributed by atoms with E-state index in [1.807, 2.05) is 60.7 Å². The van der Waals surface area contributed by atoms with Crippen LogP contribution in [0.25, 0.3) is 93.6 Å². The van der Waals surface area contributed by atoms with Crippen LogP contribution in [0.4, 0.5) is 0 Å². The van der Waals surface area contributed by atoms with Crippen molar-refractivity contribution in [2.45, 2.75) is 19.3 Å². The quantitative estimate of drug-likeness (QED) is 0.177. The highest BCUT2D eigenvalue weighted by molar-refractivity contribution is 7.21. The zero-order valence-electron chi connectivity index (χ0n) is 30.2. The molecule has 3 aromatic heterocycles. The van der Waals surface area contributed by atoms with Crippen molar-refractivity contribution >= 4 is 43.4 Å². The minimum Gasteiger partial charge on any atom is -0.309 e. The second-order valence-corrected chi connectivity index (χ2v) is 15.8. The van der Waals surface area contributed by atoms with E-state index in [2.05, 4.69) is 122 Å². The Morgan fingerprint density at radius 2 is 1.11 bits per heavy atom. The summed E-state index contributed by atoms with van der Waals surface area (Å²) in [6, 6.07) is 57.8. The molecule has 5 nitrogen and oxygen atoms in total. The molecule has 0 spiro atoms. The monoisotopic (exact) mass is 723 g/mol. The first-order valence-corrected chi connectivity index (χ1v) is 19.4. The normalized spacial score (nSPS) is 13.1. The van der Waals surface area contributed by atoms with E-state index in [9.17, 15) is 0 Å². The third-order valence-electron chi connectivity index (χ3n) is 11.1. The Morgan fingerprint density at radius 1 is 0.455 bits per heavy atom. The van der Waals surface area contributed by atoms with Gasteiger partial charge in [0.05, 0.1) is 21.3 Å². The van der Waals surface area contributed by atoms with Crippen molar-refractivity contribution in [3.05, 3.63) is 175 Å². The third kappa shape index (κ3) is 5.06. The van der Waals surface area contributed by atoms with Crippen molar-refractivity contribution in [3.63, 3.8) is 0 Å². The van der Waals surface area contributed by atoms with Crippen LogP contribution in [0.5, 0.6) is 0 Å². The number of hydrogen-bond acceptors (Lipinski definition) is 5. The standard InChI is InChI=1S/C49H33N5S/c1-49(2)39-22-11-9-20-35(39)37-28-38-36-21-10-12-23-42(36)54(43(38)29-40(37)49)34-19-13-18-33(26-34)48-50-41-27-32(24-25-44(41)55-48)47-52-45(30-14-5-3-6-15-30)51-46(53-47)31-16-7-4-8-17-31/h3-29H,1-2H3. The lowest BCUT2D eigenvalue weighted by Gasteiger charge is -2.21. The van der Waals surface area contributed by atoms with Gasteiger partial charge in [0.1, 0.15) is 5.01 Å². The lowest BCUT2D eigenvalue weighted by atomic mass is 9.82. The maximum absolute atomic E-state index is 5.20. The first-order valence-electron chi connectivity index (χ1n) is 18.6. The molecule has 7 aromatic carbocycles.